The highest BCUT2D eigenvalue weighted by molar-refractivity contribution is 9.10. The number of imide groups is 2. The van der Waals surface area contributed by atoms with Gasteiger partial charge in [-0.15, -0.1) is 0 Å². The Balaban J connectivity index is 1.47. The number of urea groups is 1. The summed E-state index contributed by atoms with van der Waals surface area (Å²) >= 11 is 3.32. The second-order valence-corrected chi connectivity index (χ2v) is 8.32. The molecular formula is C25H16BrF2N3O5. The van der Waals surface area contributed by atoms with Gasteiger partial charge in [-0.2, -0.15) is 0 Å². The van der Waals surface area contributed by atoms with E-state index in [0.717, 1.165) is 17.0 Å². The van der Waals surface area contributed by atoms with Crippen molar-refractivity contribution < 1.29 is 32.7 Å². The van der Waals surface area contributed by atoms with Crippen molar-refractivity contribution in [1.82, 2.24) is 5.32 Å². The van der Waals surface area contributed by atoms with Crippen molar-refractivity contribution in [3.63, 3.8) is 0 Å². The van der Waals surface area contributed by atoms with Crippen LogP contribution in [0.2, 0.25) is 0 Å². The molecule has 36 heavy (non-hydrogen) atoms. The van der Waals surface area contributed by atoms with Gasteiger partial charge in [0.15, 0.2) is 6.61 Å². The zero-order valence-corrected chi connectivity index (χ0v) is 19.8. The van der Waals surface area contributed by atoms with Crippen molar-refractivity contribution in [2.45, 2.75) is 0 Å². The lowest BCUT2D eigenvalue weighted by Crippen LogP contribution is -2.54. The van der Waals surface area contributed by atoms with Crippen LogP contribution in [0.5, 0.6) is 5.75 Å². The van der Waals surface area contributed by atoms with Crippen LogP contribution in [0.1, 0.15) is 5.56 Å². The van der Waals surface area contributed by atoms with Crippen molar-refractivity contribution in [1.29, 1.82) is 0 Å². The molecule has 3 aromatic rings. The standard InChI is InChI=1S/C25H16BrF2N3O5/c26-20-12-14(1-10-21(20)36-13-22(32)29-17-6-2-15(27)3-7-17)11-19-23(33)30-25(35)31(24(19)34)18-8-4-16(28)5-9-18/h1-12H,13H2,(H,29,32)(H,30,33,35)/b19-11+. The van der Waals surface area contributed by atoms with E-state index in [-0.39, 0.29) is 17.9 Å². The summed E-state index contributed by atoms with van der Waals surface area (Å²) in [5.74, 6) is -2.87. The molecule has 3 aromatic carbocycles. The van der Waals surface area contributed by atoms with Crippen molar-refractivity contribution in [3.8, 4) is 5.75 Å². The lowest BCUT2D eigenvalue weighted by atomic mass is 10.1. The van der Waals surface area contributed by atoms with E-state index in [1.165, 1.54) is 48.5 Å². The fourth-order valence-corrected chi connectivity index (χ4v) is 3.76. The van der Waals surface area contributed by atoms with Crippen LogP contribution in [0.3, 0.4) is 0 Å². The molecule has 0 aliphatic carbocycles. The van der Waals surface area contributed by atoms with Crippen LogP contribution in [0.15, 0.2) is 76.8 Å². The van der Waals surface area contributed by atoms with Gasteiger partial charge >= 0.3 is 6.03 Å². The fourth-order valence-electron chi connectivity index (χ4n) is 3.25. The molecular weight excluding hydrogens is 540 g/mol. The van der Waals surface area contributed by atoms with E-state index >= 15 is 0 Å². The van der Waals surface area contributed by atoms with Gasteiger partial charge in [0.25, 0.3) is 17.7 Å². The third kappa shape index (κ3) is 5.63. The lowest BCUT2D eigenvalue weighted by Gasteiger charge is -2.26. The van der Waals surface area contributed by atoms with Crippen LogP contribution < -0.4 is 20.3 Å². The maximum Gasteiger partial charge on any atom is 0.335 e. The third-order valence-corrected chi connectivity index (χ3v) is 5.56. The first kappa shape index (κ1) is 24.7. The Kier molecular flexibility index (Phi) is 7.20. The lowest BCUT2D eigenvalue weighted by molar-refractivity contribution is -0.122. The first-order valence-electron chi connectivity index (χ1n) is 10.4. The first-order chi connectivity index (χ1) is 17.2. The minimum atomic E-state index is -0.947. The first-order valence-corrected chi connectivity index (χ1v) is 11.2. The number of ether oxygens (including phenoxy) is 1. The highest BCUT2D eigenvalue weighted by Crippen LogP contribution is 2.28. The summed E-state index contributed by atoms with van der Waals surface area (Å²) in [5, 5.41) is 4.66. The average Bonchev–Trinajstić information content (AvgIpc) is 2.84. The summed E-state index contributed by atoms with van der Waals surface area (Å²) in [6.45, 7) is -0.327. The van der Waals surface area contributed by atoms with E-state index in [2.05, 4.69) is 26.6 Å². The van der Waals surface area contributed by atoms with Crippen LogP contribution >= 0.6 is 15.9 Å². The van der Waals surface area contributed by atoms with Gasteiger partial charge in [0.05, 0.1) is 10.2 Å². The Labute approximate surface area is 211 Å². The smallest absolute Gasteiger partial charge is 0.335 e. The monoisotopic (exact) mass is 555 g/mol. The number of nitrogens with zero attached hydrogens (tertiary/aromatic N) is 1. The van der Waals surface area contributed by atoms with E-state index in [9.17, 15) is 28.0 Å². The number of carbonyl (C=O) groups is 4. The molecule has 1 fully saturated rings. The largest absolute Gasteiger partial charge is 0.483 e. The number of rotatable bonds is 6. The summed E-state index contributed by atoms with van der Waals surface area (Å²) in [7, 11) is 0. The van der Waals surface area contributed by atoms with Crippen LogP contribution in [-0.4, -0.2) is 30.4 Å². The maximum absolute atomic E-state index is 13.2. The maximum atomic E-state index is 13.2. The zero-order chi connectivity index (χ0) is 25.8. The SMILES string of the molecule is O=C(COc1ccc(/C=C2\C(=O)NC(=O)N(c3ccc(F)cc3)C2=O)cc1Br)Nc1ccc(F)cc1. The number of hydrogen-bond acceptors (Lipinski definition) is 5. The molecule has 5 amide bonds. The molecule has 1 aliphatic heterocycles. The molecule has 0 aromatic heterocycles. The van der Waals surface area contributed by atoms with Gasteiger partial charge in [-0.05, 0) is 88.2 Å². The Hall–Kier alpha value is -4.38. The molecule has 182 valence electrons. The quantitative estimate of drug-likeness (QED) is 0.346. The van der Waals surface area contributed by atoms with Crippen molar-refractivity contribution in [2.75, 3.05) is 16.8 Å². The number of hydrogen-bond donors (Lipinski definition) is 2. The van der Waals surface area contributed by atoms with Crippen LogP contribution in [-0.2, 0) is 14.4 Å². The summed E-state index contributed by atoms with van der Waals surface area (Å²) in [4.78, 5) is 50.3. The molecule has 0 radical (unpaired) electrons. The predicted molar refractivity (Wildman–Crippen MR) is 130 cm³/mol. The van der Waals surface area contributed by atoms with Gasteiger partial charge in [-0.1, -0.05) is 6.07 Å². The fraction of sp³-hybridized carbons (Fsp3) is 0.0400. The van der Waals surface area contributed by atoms with E-state index in [4.69, 9.17) is 4.74 Å². The second-order valence-electron chi connectivity index (χ2n) is 7.47. The van der Waals surface area contributed by atoms with Crippen molar-refractivity contribution >= 4 is 57.1 Å². The number of barbiturate groups is 1. The molecule has 0 saturated carbocycles. The number of anilines is 2. The van der Waals surface area contributed by atoms with Crippen molar-refractivity contribution in [3.05, 3.63) is 94.0 Å². The number of halogens is 3. The summed E-state index contributed by atoms with van der Waals surface area (Å²) in [5.41, 5.74) is 0.630. The van der Waals surface area contributed by atoms with Crippen LogP contribution in [0.25, 0.3) is 6.08 Å². The molecule has 0 atom stereocenters. The molecule has 1 saturated heterocycles. The van der Waals surface area contributed by atoms with E-state index in [0.29, 0.717) is 21.5 Å². The number of nitrogens with one attached hydrogen (secondary N) is 2. The zero-order valence-electron chi connectivity index (χ0n) is 18.3. The summed E-state index contributed by atoms with van der Waals surface area (Å²) in [6.07, 6.45) is 1.29. The normalized spacial score (nSPS) is 14.6. The Morgan fingerprint density at radius 2 is 1.61 bits per heavy atom. The predicted octanol–water partition coefficient (Wildman–Crippen LogP) is 4.41. The van der Waals surface area contributed by atoms with Gasteiger partial charge < -0.3 is 10.1 Å². The van der Waals surface area contributed by atoms with Crippen LogP contribution in [0, 0.1) is 11.6 Å². The minimum absolute atomic E-state index is 0.0983. The molecule has 2 N–H and O–H groups in total. The highest BCUT2D eigenvalue weighted by Gasteiger charge is 2.36. The van der Waals surface area contributed by atoms with Gasteiger partial charge in [0, 0.05) is 5.69 Å². The Morgan fingerprint density at radius 3 is 2.25 bits per heavy atom. The van der Waals surface area contributed by atoms with Crippen molar-refractivity contribution in [2.24, 2.45) is 0 Å². The van der Waals surface area contributed by atoms with Gasteiger partial charge in [-0.25, -0.2) is 18.5 Å². The number of amides is 5. The van der Waals surface area contributed by atoms with E-state index < -0.39 is 35.4 Å². The topological polar surface area (TPSA) is 105 Å². The minimum Gasteiger partial charge on any atom is -0.483 e. The van der Waals surface area contributed by atoms with Crippen LogP contribution in [0.4, 0.5) is 25.0 Å². The number of benzene rings is 3. The molecule has 0 unspecified atom stereocenters. The molecule has 1 heterocycles. The van der Waals surface area contributed by atoms with Gasteiger partial charge in [0.2, 0.25) is 0 Å². The van der Waals surface area contributed by atoms with Gasteiger partial charge in [-0.3, -0.25) is 19.7 Å². The number of carbonyl (C=O) groups excluding carboxylic acids is 4. The second kappa shape index (κ2) is 10.5. The average molecular weight is 556 g/mol. The molecule has 11 heteroatoms. The molecule has 0 bridgehead atoms. The summed E-state index contributed by atoms with van der Waals surface area (Å²) < 4.78 is 32.1. The van der Waals surface area contributed by atoms with Gasteiger partial charge in [0.1, 0.15) is 23.0 Å². The Morgan fingerprint density at radius 1 is 0.972 bits per heavy atom. The molecule has 8 nitrogen and oxygen atoms in total. The van der Waals surface area contributed by atoms with E-state index in [1.807, 2.05) is 0 Å². The molecule has 4 rings (SSSR count). The molecule has 1 aliphatic rings. The third-order valence-electron chi connectivity index (χ3n) is 4.94. The van der Waals surface area contributed by atoms with E-state index in [1.54, 1.807) is 12.1 Å². The highest BCUT2D eigenvalue weighted by atomic mass is 79.9. The summed E-state index contributed by atoms with van der Waals surface area (Å²) in [6, 6.07) is 13.6. The molecule has 0 spiro atoms. The Bertz CT molecular complexity index is 1390.